The minimum absolute atomic E-state index is 0.0962. The van der Waals surface area contributed by atoms with E-state index in [1.54, 1.807) is 42.5 Å². The first-order chi connectivity index (χ1) is 17.3. The Kier molecular flexibility index (Phi) is 9.25. The van der Waals surface area contributed by atoms with Crippen LogP contribution in [0.4, 0.5) is 5.69 Å². The number of anilines is 1. The van der Waals surface area contributed by atoms with Crippen LogP contribution in [0.3, 0.4) is 0 Å². The molecule has 0 heterocycles. The molecule has 0 bridgehead atoms. The second-order valence-electron chi connectivity index (χ2n) is 8.52. The summed E-state index contributed by atoms with van der Waals surface area (Å²) < 4.78 is 28.5. The maximum atomic E-state index is 13.7. The molecule has 3 aromatic rings. The Bertz CT molecular complexity index is 1250. The summed E-state index contributed by atoms with van der Waals surface area (Å²) in [6.45, 7) is 3.56. The summed E-state index contributed by atoms with van der Waals surface area (Å²) in [5, 5.41) is 2.63. The monoisotopic (exact) mass is 507 g/mol. The second-order valence-corrected chi connectivity index (χ2v) is 10.4. The van der Waals surface area contributed by atoms with Crippen molar-refractivity contribution in [1.82, 2.24) is 10.2 Å². The van der Waals surface area contributed by atoms with E-state index < -0.39 is 28.5 Å². The van der Waals surface area contributed by atoms with Crippen molar-refractivity contribution in [2.75, 3.05) is 24.4 Å². The van der Waals surface area contributed by atoms with Crippen molar-refractivity contribution in [3.63, 3.8) is 0 Å². The number of amides is 2. The molecule has 3 aromatic carbocycles. The lowest BCUT2D eigenvalue weighted by molar-refractivity contribution is -0.139. The fraction of sp³-hybridized carbons (Fsp3) is 0.286. The largest absolute Gasteiger partial charge is 0.357 e. The normalized spacial score (nSPS) is 12.0. The molecular weight excluding hydrogens is 474 g/mol. The molecule has 36 heavy (non-hydrogen) atoms. The average Bonchev–Trinajstić information content (AvgIpc) is 2.90. The zero-order chi connectivity index (χ0) is 26.1. The summed E-state index contributed by atoms with van der Waals surface area (Å²) in [4.78, 5) is 28.0. The molecule has 0 aromatic heterocycles. The quantitative estimate of drug-likeness (QED) is 0.428. The molecule has 1 N–H and O–H groups in total. The van der Waals surface area contributed by atoms with Gasteiger partial charge in [-0.2, -0.15) is 0 Å². The zero-order valence-electron chi connectivity index (χ0n) is 20.9. The van der Waals surface area contributed by atoms with Crippen molar-refractivity contribution in [3.8, 4) is 0 Å². The fourth-order valence-electron chi connectivity index (χ4n) is 4.02. The number of carbonyl (C=O) groups is 2. The number of hydrogen-bond acceptors (Lipinski definition) is 4. The molecule has 0 saturated heterocycles. The van der Waals surface area contributed by atoms with Crippen LogP contribution in [0.15, 0.2) is 89.8 Å². The molecule has 190 valence electrons. The van der Waals surface area contributed by atoms with Crippen molar-refractivity contribution in [2.24, 2.45) is 0 Å². The minimum Gasteiger partial charge on any atom is -0.357 e. The molecule has 8 heteroatoms. The highest BCUT2D eigenvalue weighted by Gasteiger charge is 2.33. The predicted octanol–water partition coefficient (Wildman–Crippen LogP) is 3.79. The van der Waals surface area contributed by atoms with Crippen LogP contribution in [0.5, 0.6) is 0 Å². The number of nitrogens with one attached hydrogen (secondary N) is 1. The third kappa shape index (κ3) is 6.51. The lowest BCUT2D eigenvalue weighted by Gasteiger charge is -2.33. The number of nitrogens with zero attached hydrogens (tertiary/aromatic N) is 2. The molecule has 7 nitrogen and oxygen atoms in total. The highest BCUT2D eigenvalue weighted by atomic mass is 32.2. The van der Waals surface area contributed by atoms with Gasteiger partial charge in [-0.3, -0.25) is 13.9 Å². The Morgan fingerprint density at radius 3 is 2.03 bits per heavy atom. The van der Waals surface area contributed by atoms with Crippen LogP contribution < -0.4 is 9.62 Å². The topological polar surface area (TPSA) is 86.8 Å². The maximum absolute atomic E-state index is 13.7. The molecule has 0 aliphatic carbocycles. The zero-order valence-corrected chi connectivity index (χ0v) is 21.7. The molecule has 0 aliphatic heterocycles. The highest BCUT2D eigenvalue weighted by molar-refractivity contribution is 7.92. The Labute approximate surface area is 213 Å². The van der Waals surface area contributed by atoms with Gasteiger partial charge >= 0.3 is 0 Å². The van der Waals surface area contributed by atoms with Crippen molar-refractivity contribution in [1.29, 1.82) is 0 Å². The van der Waals surface area contributed by atoms with Crippen molar-refractivity contribution in [2.45, 2.75) is 37.6 Å². The molecule has 0 fully saturated rings. The van der Waals surface area contributed by atoms with E-state index in [0.717, 1.165) is 15.4 Å². The Hall–Kier alpha value is -3.65. The Morgan fingerprint density at radius 1 is 0.889 bits per heavy atom. The van der Waals surface area contributed by atoms with E-state index in [0.29, 0.717) is 18.5 Å². The van der Waals surface area contributed by atoms with Gasteiger partial charge in [-0.15, -0.1) is 0 Å². The van der Waals surface area contributed by atoms with Gasteiger partial charge in [0.05, 0.1) is 10.6 Å². The van der Waals surface area contributed by atoms with Crippen molar-refractivity contribution >= 4 is 27.5 Å². The molecule has 0 radical (unpaired) electrons. The summed E-state index contributed by atoms with van der Waals surface area (Å²) in [6, 6.07) is 24.0. The molecule has 0 aliphatic rings. The molecule has 1 unspecified atom stereocenters. The number of rotatable bonds is 11. The molecule has 1 atom stereocenters. The van der Waals surface area contributed by atoms with Gasteiger partial charge in [-0.1, -0.05) is 73.2 Å². The van der Waals surface area contributed by atoms with Crippen LogP contribution in [0, 0.1) is 6.92 Å². The van der Waals surface area contributed by atoms with E-state index >= 15 is 0 Å². The SMILES string of the molecule is CCC(C(=O)NC)N(CCc1ccccc1)C(=O)CN(c1ccccc1)S(=O)(=O)c1ccc(C)cc1. The van der Waals surface area contributed by atoms with E-state index in [1.807, 2.05) is 44.2 Å². The number of benzene rings is 3. The van der Waals surface area contributed by atoms with Gasteiger partial charge in [0.1, 0.15) is 12.6 Å². The van der Waals surface area contributed by atoms with Gasteiger partial charge in [0.2, 0.25) is 11.8 Å². The maximum Gasteiger partial charge on any atom is 0.264 e. The van der Waals surface area contributed by atoms with Gasteiger partial charge in [0.25, 0.3) is 10.0 Å². The number of hydrogen-bond donors (Lipinski definition) is 1. The number of aryl methyl sites for hydroxylation is 1. The van der Waals surface area contributed by atoms with E-state index in [1.165, 1.54) is 24.1 Å². The average molecular weight is 508 g/mol. The van der Waals surface area contributed by atoms with Crippen molar-refractivity contribution in [3.05, 3.63) is 96.1 Å². The van der Waals surface area contributed by atoms with Crippen LogP contribution in [-0.4, -0.2) is 51.3 Å². The Morgan fingerprint density at radius 2 is 1.47 bits per heavy atom. The van der Waals surface area contributed by atoms with Gasteiger partial charge in [0, 0.05) is 13.6 Å². The van der Waals surface area contributed by atoms with Gasteiger partial charge in [0.15, 0.2) is 0 Å². The first-order valence-corrected chi connectivity index (χ1v) is 13.4. The lowest BCUT2D eigenvalue weighted by atomic mass is 10.1. The smallest absolute Gasteiger partial charge is 0.264 e. The van der Waals surface area contributed by atoms with Crippen LogP contribution in [0.25, 0.3) is 0 Å². The summed E-state index contributed by atoms with van der Waals surface area (Å²) in [5.41, 5.74) is 2.33. The third-order valence-electron chi connectivity index (χ3n) is 6.05. The highest BCUT2D eigenvalue weighted by Crippen LogP contribution is 2.24. The first kappa shape index (κ1) is 26.9. The van der Waals surface area contributed by atoms with E-state index in [9.17, 15) is 18.0 Å². The predicted molar refractivity (Wildman–Crippen MR) is 142 cm³/mol. The fourth-order valence-corrected chi connectivity index (χ4v) is 5.44. The number of likely N-dealkylation sites (N-methyl/N-ethyl adjacent to an activating group) is 1. The number of carbonyl (C=O) groups excluding carboxylic acids is 2. The lowest BCUT2D eigenvalue weighted by Crippen LogP contribution is -2.52. The number of sulfonamides is 1. The summed E-state index contributed by atoms with van der Waals surface area (Å²) in [5.74, 6) is -0.729. The van der Waals surface area contributed by atoms with E-state index in [4.69, 9.17) is 0 Å². The molecule has 2 amide bonds. The molecular formula is C28H33N3O4S. The van der Waals surface area contributed by atoms with E-state index in [-0.39, 0.29) is 17.3 Å². The van der Waals surface area contributed by atoms with Crippen LogP contribution >= 0.6 is 0 Å². The first-order valence-electron chi connectivity index (χ1n) is 12.0. The van der Waals surface area contributed by atoms with Gasteiger partial charge in [-0.25, -0.2) is 8.42 Å². The van der Waals surface area contributed by atoms with Crippen LogP contribution in [-0.2, 0) is 26.0 Å². The summed E-state index contributed by atoms with van der Waals surface area (Å²) in [6.07, 6.45) is 0.937. The Balaban J connectivity index is 1.97. The summed E-state index contributed by atoms with van der Waals surface area (Å²) >= 11 is 0. The molecule has 0 spiro atoms. The third-order valence-corrected chi connectivity index (χ3v) is 7.84. The van der Waals surface area contributed by atoms with E-state index in [2.05, 4.69) is 5.32 Å². The van der Waals surface area contributed by atoms with Crippen LogP contribution in [0.1, 0.15) is 24.5 Å². The van der Waals surface area contributed by atoms with Crippen LogP contribution in [0.2, 0.25) is 0 Å². The molecule has 0 saturated carbocycles. The standard InChI is InChI=1S/C28H33N3O4S/c1-4-26(28(33)29-3)30(20-19-23-11-7-5-8-12-23)27(32)21-31(24-13-9-6-10-14-24)36(34,35)25-17-15-22(2)16-18-25/h5-18,26H,4,19-21H2,1-3H3,(H,29,33). The van der Waals surface area contributed by atoms with Crippen molar-refractivity contribution < 1.29 is 18.0 Å². The summed E-state index contributed by atoms with van der Waals surface area (Å²) in [7, 11) is -2.51. The second kappa shape index (κ2) is 12.4. The van der Waals surface area contributed by atoms with Gasteiger partial charge in [-0.05, 0) is 49.6 Å². The number of para-hydroxylation sites is 1. The minimum atomic E-state index is -4.04. The van der Waals surface area contributed by atoms with Gasteiger partial charge < -0.3 is 10.2 Å². The molecule has 3 rings (SSSR count).